The quantitative estimate of drug-likeness (QED) is 0.287. The molecule has 1 heterocycles. The minimum atomic E-state index is -1.06. The van der Waals surface area contributed by atoms with Crippen LogP contribution in [0.1, 0.15) is 22.3 Å². The molecule has 1 atom stereocenters. The highest BCUT2D eigenvalue weighted by Crippen LogP contribution is 2.20. The van der Waals surface area contributed by atoms with Crippen LogP contribution in [0, 0.1) is 13.8 Å². The number of hydrogen-bond donors (Lipinski definition) is 3. The maximum Gasteiger partial charge on any atom is 0.408 e. The molecule has 0 bridgehead atoms. The summed E-state index contributed by atoms with van der Waals surface area (Å²) in [6.07, 6.45) is 1.18. The monoisotopic (exact) mass is 499 g/mol. The van der Waals surface area contributed by atoms with Crippen molar-refractivity contribution in [3.63, 3.8) is 0 Å². The Morgan fingerprint density at radius 2 is 1.65 bits per heavy atom. The molecule has 3 N–H and O–H groups in total. The lowest BCUT2D eigenvalue weighted by molar-refractivity contribution is -0.149. The maximum atomic E-state index is 13.0. The van der Waals surface area contributed by atoms with Gasteiger partial charge in [0, 0.05) is 29.2 Å². The van der Waals surface area contributed by atoms with Gasteiger partial charge in [0.2, 0.25) is 0 Å². The first kappa shape index (κ1) is 25.5. The lowest BCUT2D eigenvalue weighted by Gasteiger charge is -2.18. The largest absolute Gasteiger partial charge is 0.454 e. The van der Waals surface area contributed by atoms with Crippen LogP contribution < -0.4 is 10.6 Å². The summed E-state index contributed by atoms with van der Waals surface area (Å²) >= 11 is 0. The van der Waals surface area contributed by atoms with Crippen molar-refractivity contribution in [3.05, 3.63) is 101 Å². The third kappa shape index (κ3) is 6.76. The van der Waals surface area contributed by atoms with Gasteiger partial charge >= 0.3 is 12.1 Å². The summed E-state index contributed by atoms with van der Waals surface area (Å²) in [5.74, 6) is -1.21. The van der Waals surface area contributed by atoms with E-state index < -0.39 is 30.6 Å². The molecule has 0 aliphatic rings. The van der Waals surface area contributed by atoms with Gasteiger partial charge < -0.3 is 25.1 Å². The van der Waals surface area contributed by atoms with Crippen LogP contribution in [0.3, 0.4) is 0 Å². The number of ether oxygens (including phenoxy) is 2. The molecule has 0 saturated carbocycles. The van der Waals surface area contributed by atoms with E-state index in [9.17, 15) is 14.4 Å². The molecular weight excluding hydrogens is 470 g/mol. The van der Waals surface area contributed by atoms with E-state index in [-0.39, 0.29) is 13.0 Å². The van der Waals surface area contributed by atoms with Gasteiger partial charge in [-0.05, 0) is 48.2 Å². The van der Waals surface area contributed by atoms with Crippen molar-refractivity contribution in [2.24, 2.45) is 0 Å². The second-order valence-electron chi connectivity index (χ2n) is 8.73. The Bertz CT molecular complexity index is 1400. The van der Waals surface area contributed by atoms with Gasteiger partial charge in [0.25, 0.3) is 5.91 Å². The molecule has 0 radical (unpaired) electrons. The number of para-hydroxylation sites is 1. The molecule has 1 aromatic heterocycles. The third-order valence-electron chi connectivity index (χ3n) is 6.11. The molecule has 0 saturated heterocycles. The van der Waals surface area contributed by atoms with Gasteiger partial charge in [-0.2, -0.15) is 0 Å². The van der Waals surface area contributed by atoms with Crippen molar-refractivity contribution in [1.29, 1.82) is 0 Å². The highest BCUT2D eigenvalue weighted by molar-refractivity contribution is 5.94. The number of aromatic nitrogens is 1. The fourth-order valence-corrected chi connectivity index (χ4v) is 3.93. The van der Waals surface area contributed by atoms with Gasteiger partial charge in [0.15, 0.2) is 6.61 Å². The molecular formula is C29H29N3O5. The number of rotatable bonds is 9. The smallest absolute Gasteiger partial charge is 0.408 e. The Morgan fingerprint density at radius 3 is 2.46 bits per heavy atom. The van der Waals surface area contributed by atoms with Gasteiger partial charge in [-0.25, -0.2) is 9.59 Å². The number of hydrogen-bond acceptors (Lipinski definition) is 5. The van der Waals surface area contributed by atoms with Crippen molar-refractivity contribution in [2.75, 3.05) is 11.9 Å². The fraction of sp³-hybridized carbons (Fsp3) is 0.207. The fourth-order valence-electron chi connectivity index (χ4n) is 3.93. The molecule has 8 nitrogen and oxygen atoms in total. The first-order valence-corrected chi connectivity index (χ1v) is 12.0. The van der Waals surface area contributed by atoms with Crippen molar-refractivity contribution < 1.29 is 23.9 Å². The molecule has 8 heteroatoms. The third-order valence-corrected chi connectivity index (χ3v) is 6.11. The van der Waals surface area contributed by atoms with Crippen LogP contribution in [0.2, 0.25) is 0 Å². The molecule has 3 aromatic carbocycles. The standard InChI is InChI=1S/C29H29N3O5/c1-19-9-8-14-24(20(19)2)31-27(33)18-36-28(34)26(15-22-16-30-25-13-7-6-12-23(22)25)32-29(35)37-17-21-10-4-3-5-11-21/h3-14,16,26,30H,15,17-18H2,1-2H3,(H,31,33)(H,32,35)/t26-/m1/s1. The molecule has 0 aliphatic heterocycles. The van der Waals surface area contributed by atoms with Crippen molar-refractivity contribution in [2.45, 2.75) is 32.9 Å². The summed E-state index contributed by atoms with van der Waals surface area (Å²) in [6.45, 7) is 3.42. The van der Waals surface area contributed by atoms with Crippen LogP contribution in [0.4, 0.5) is 10.5 Å². The zero-order chi connectivity index (χ0) is 26.2. The van der Waals surface area contributed by atoms with Crippen LogP contribution in [0.25, 0.3) is 10.9 Å². The molecule has 37 heavy (non-hydrogen) atoms. The number of esters is 1. The van der Waals surface area contributed by atoms with Gasteiger partial charge in [-0.3, -0.25) is 4.79 Å². The van der Waals surface area contributed by atoms with Crippen molar-refractivity contribution in [3.8, 4) is 0 Å². The number of anilines is 1. The number of aryl methyl sites for hydroxylation is 1. The molecule has 0 aliphatic carbocycles. The maximum absolute atomic E-state index is 13.0. The molecule has 0 unspecified atom stereocenters. The zero-order valence-electron chi connectivity index (χ0n) is 20.7. The molecule has 0 spiro atoms. The van der Waals surface area contributed by atoms with Gasteiger partial charge in [0.1, 0.15) is 12.6 Å². The number of carbonyl (C=O) groups excluding carboxylic acids is 3. The number of fused-ring (bicyclic) bond motifs is 1. The Morgan fingerprint density at radius 1 is 0.892 bits per heavy atom. The van der Waals surface area contributed by atoms with E-state index in [4.69, 9.17) is 9.47 Å². The summed E-state index contributed by atoms with van der Waals surface area (Å²) in [5, 5.41) is 6.28. The first-order valence-electron chi connectivity index (χ1n) is 12.0. The van der Waals surface area contributed by atoms with Gasteiger partial charge in [0.05, 0.1) is 0 Å². The van der Waals surface area contributed by atoms with E-state index in [1.807, 2.05) is 80.6 Å². The Balaban J connectivity index is 1.42. The minimum Gasteiger partial charge on any atom is -0.454 e. The topological polar surface area (TPSA) is 110 Å². The zero-order valence-corrected chi connectivity index (χ0v) is 20.7. The van der Waals surface area contributed by atoms with E-state index in [1.165, 1.54) is 0 Å². The predicted octanol–water partition coefficient (Wildman–Crippen LogP) is 4.80. The van der Waals surface area contributed by atoms with Crippen LogP contribution in [0.15, 0.2) is 79.0 Å². The van der Waals surface area contributed by atoms with E-state index >= 15 is 0 Å². The normalized spacial score (nSPS) is 11.5. The van der Waals surface area contributed by atoms with Crippen LogP contribution in [-0.2, 0) is 32.1 Å². The molecule has 190 valence electrons. The molecule has 0 fully saturated rings. The first-order chi connectivity index (χ1) is 17.9. The van der Waals surface area contributed by atoms with Crippen LogP contribution in [-0.4, -0.2) is 35.6 Å². The highest BCUT2D eigenvalue weighted by Gasteiger charge is 2.25. The number of amides is 2. The minimum absolute atomic E-state index is 0.0553. The van der Waals surface area contributed by atoms with Crippen molar-refractivity contribution >= 4 is 34.6 Å². The Hall–Kier alpha value is -4.59. The highest BCUT2D eigenvalue weighted by atomic mass is 16.6. The predicted molar refractivity (Wildman–Crippen MR) is 141 cm³/mol. The van der Waals surface area contributed by atoms with Crippen LogP contribution >= 0.6 is 0 Å². The summed E-state index contributed by atoms with van der Waals surface area (Å²) in [7, 11) is 0. The number of aromatic amines is 1. The van der Waals surface area contributed by atoms with E-state index in [2.05, 4.69) is 15.6 Å². The Kier molecular flexibility index (Phi) is 8.20. The number of benzene rings is 3. The lowest BCUT2D eigenvalue weighted by Crippen LogP contribution is -2.44. The average Bonchev–Trinajstić information content (AvgIpc) is 3.32. The van der Waals surface area contributed by atoms with Gasteiger partial charge in [-0.15, -0.1) is 0 Å². The summed E-state index contributed by atoms with van der Waals surface area (Å²) in [4.78, 5) is 41.2. The number of nitrogens with one attached hydrogen (secondary N) is 3. The molecule has 4 aromatic rings. The number of H-pyrrole nitrogens is 1. The lowest BCUT2D eigenvalue weighted by atomic mass is 10.1. The van der Waals surface area contributed by atoms with E-state index in [0.717, 1.165) is 33.2 Å². The van der Waals surface area contributed by atoms with Crippen molar-refractivity contribution in [1.82, 2.24) is 10.3 Å². The second-order valence-corrected chi connectivity index (χ2v) is 8.73. The summed E-state index contributed by atoms with van der Waals surface area (Å²) < 4.78 is 10.6. The SMILES string of the molecule is Cc1cccc(NC(=O)COC(=O)[C@@H](Cc2c[nH]c3ccccc23)NC(=O)OCc2ccccc2)c1C. The average molecular weight is 500 g/mol. The Labute approximate surface area is 215 Å². The van der Waals surface area contributed by atoms with Crippen LogP contribution in [0.5, 0.6) is 0 Å². The number of carbonyl (C=O) groups is 3. The summed E-state index contributed by atoms with van der Waals surface area (Å²) in [6, 6.07) is 21.4. The molecule has 4 rings (SSSR count). The number of alkyl carbamates (subject to hydrolysis) is 1. The van der Waals surface area contributed by atoms with E-state index in [1.54, 1.807) is 12.3 Å². The summed E-state index contributed by atoms with van der Waals surface area (Å²) in [5.41, 5.74) is 5.16. The molecule has 2 amide bonds. The van der Waals surface area contributed by atoms with Gasteiger partial charge in [-0.1, -0.05) is 60.7 Å². The second kappa shape index (κ2) is 11.9. The van der Waals surface area contributed by atoms with E-state index in [0.29, 0.717) is 5.69 Å².